The zero-order valence-electron chi connectivity index (χ0n) is 13.5. The van der Waals surface area contributed by atoms with Crippen molar-refractivity contribution in [2.75, 3.05) is 13.6 Å². The molecule has 0 saturated heterocycles. The number of hydrogen-bond acceptors (Lipinski definition) is 4. The first-order valence-corrected chi connectivity index (χ1v) is 8.50. The Kier molecular flexibility index (Phi) is 4.66. The number of fused-ring (bicyclic) bond motifs is 1. The number of hydrogen-bond donors (Lipinski definition) is 1. The third kappa shape index (κ3) is 3.33. The predicted octanol–water partition coefficient (Wildman–Crippen LogP) is 3.44. The molecule has 1 unspecified atom stereocenters. The molecule has 0 fully saturated rings. The molecule has 6 heteroatoms. The normalized spacial score (nSPS) is 12.1. The van der Waals surface area contributed by atoms with Crippen LogP contribution in [-0.4, -0.2) is 30.3 Å². The Morgan fingerprint density at radius 3 is 2.75 bits per heavy atom. The largest absolute Gasteiger partial charge is 0.459 e. The zero-order valence-corrected chi connectivity index (χ0v) is 14.3. The average Bonchev–Trinajstić information content (AvgIpc) is 3.26. The maximum absolute atomic E-state index is 12.3. The third-order valence-corrected chi connectivity index (χ3v) is 4.84. The monoisotopic (exact) mass is 342 g/mol. The first kappa shape index (κ1) is 16.3. The molecule has 0 saturated carbocycles. The lowest BCUT2D eigenvalue weighted by Crippen LogP contribution is -2.39. The van der Waals surface area contributed by atoms with Crippen LogP contribution in [0.15, 0.2) is 52.3 Å². The van der Waals surface area contributed by atoms with Crippen LogP contribution in [-0.2, 0) is 4.79 Å². The van der Waals surface area contributed by atoms with Crippen molar-refractivity contribution in [1.82, 2.24) is 10.2 Å². The van der Waals surface area contributed by atoms with Crippen LogP contribution < -0.4 is 5.32 Å². The van der Waals surface area contributed by atoms with Gasteiger partial charge in [-0.25, -0.2) is 0 Å². The van der Waals surface area contributed by atoms with Gasteiger partial charge in [-0.3, -0.25) is 9.59 Å². The summed E-state index contributed by atoms with van der Waals surface area (Å²) in [5, 5.41) is 5.48. The quantitative estimate of drug-likeness (QED) is 0.772. The molecule has 0 radical (unpaired) electrons. The van der Waals surface area contributed by atoms with Crippen LogP contribution in [0, 0.1) is 0 Å². The lowest BCUT2D eigenvalue weighted by molar-refractivity contribution is -0.131. The molecule has 5 nitrogen and oxygen atoms in total. The topological polar surface area (TPSA) is 62.6 Å². The smallest absolute Gasteiger partial charge is 0.261 e. The van der Waals surface area contributed by atoms with Crippen LogP contribution in [0.3, 0.4) is 0 Å². The summed E-state index contributed by atoms with van der Waals surface area (Å²) in [6.07, 6.45) is 0. The molecule has 3 aromatic rings. The Morgan fingerprint density at radius 2 is 2.04 bits per heavy atom. The highest BCUT2D eigenvalue weighted by atomic mass is 32.1. The van der Waals surface area contributed by atoms with Crippen LogP contribution in [0.25, 0.3) is 11.0 Å². The summed E-state index contributed by atoms with van der Waals surface area (Å²) < 4.78 is 5.81. The molecule has 0 bridgehead atoms. The summed E-state index contributed by atoms with van der Waals surface area (Å²) in [5.41, 5.74) is 0.797. The van der Waals surface area contributed by atoms with Crippen molar-refractivity contribution >= 4 is 34.1 Å². The Balaban J connectivity index is 1.63. The molecular weight excluding hydrogens is 324 g/mol. The zero-order chi connectivity index (χ0) is 17.1. The number of nitrogens with one attached hydrogen (secondary N) is 1. The fraction of sp³-hybridized carbons (Fsp3) is 0.222. The van der Waals surface area contributed by atoms with Gasteiger partial charge in [-0.1, -0.05) is 24.3 Å². The molecule has 0 spiro atoms. The van der Waals surface area contributed by atoms with Crippen LogP contribution in [0.5, 0.6) is 0 Å². The number of benzene rings is 1. The van der Waals surface area contributed by atoms with E-state index in [2.05, 4.69) is 5.32 Å². The van der Waals surface area contributed by atoms with Gasteiger partial charge in [0, 0.05) is 12.4 Å². The van der Waals surface area contributed by atoms with Gasteiger partial charge in [-0.15, -0.1) is 11.3 Å². The number of rotatable bonds is 5. The molecule has 1 atom stereocenters. The lowest BCUT2D eigenvalue weighted by Gasteiger charge is -2.23. The van der Waals surface area contributed by atoms with Crippen molar-refractivity contribution in [3.05, 3.63) is 58.5 Å². The summed E-state index contributed by atoms with van der Waals surface area (Å²) in [5.74, 6) is 0.313. The first-order chi connectivity index (χ1) is 11.6. The second-order valence-corrected chi connectivity index (χ2v) is 6.47. The number of thiophene rings is 1. The van der Waals surface area contributed by atoms with E-state index in [-0.39, 0.29) is 24.4 Å². The van der Waals surface area contributed by atoms with E-state index in [9.17, 15) is 9.59 Å². The molecular formula is C18H18N2O3S. The minimum Gasteiger partial charge on any atom is -0.459 e. The molecule has 0 aliphatic heterocycles. The van der Waals surface area contributed by atoms with Crippen molar-refractivity contribution < 1.29 is 14.0 Å². The molecule has 3 rings (SSSR count). The Bertz CT molecular complexity index is 821. The van der Waals surface area contributed by atoms with Crippen molar-refractivity contribution in [2.45, 2.75) is 13.0 Å². The van der Waals surface area contributed by atoms with Gasteiger partial charge in [0.2, 0.25) is 5.91 Å². The molecule has 1 N–H and O–H groups in total. The molecule has 1 aromatic carbocycles. The highest BCUT2D eigenvalue weighted by molar-refractivity contribution is 7.12. The Labute approximate surface area is 143 Å². The number of para-hydroxylation sites is 1. The van der Waals surface area contributed by atoms with E-state index in [1.54, 1.807) is 24.1 Å². The number of carbonyl (C=O) groups excluding carboxylic acids is 2. The fourth-order valence-electron chi connectivity index (χ4n) is 2.39. The second kappa shape index (κ2) is 6.88. The van der Waals surface area contributed by atoms with Gasteiger partial charge >= 0.3 is 0 Å². The average molecular weight is 342 g/mol. The van der Waals surface area contributed by atoms with E-state index < -0.39 is 0 Å². The molecule has 2 heterocycles. The number of amides is 2. The molecule has 2 amide bonds. The van der Waals surface area contributed by atoms with Gasteiger partial charge in [0.1, 0.15) is 11.3 Å². The standard InChI is InChI=1S/C18H18N2O3S/c1-12(15-10-13-6-3-4-7-14(13)23-15)20(2)17(21)11-19-18(22)16-8-5-9-24-16/h3-10,12H,11H2,1-2H3,(H,19,22). The van der Waals surface area contributed by atoms with E-state index >= 15 is 0 Å². The number of nitrogens with zero attached hydrogens (tertiary/aromatic N) is 1. The van der Waals surface area contributed by atoms with Crippen LogP contribution in [0.2, 0.25) is 0 Å². The summed E-state index contributed by atoms with van der Waals surface area (Å²) in [4.78, 5) is 26.4. The van der Waals surface area contributed by atoms with E-state index in [0.29, 0.717) is 4.88 Å². The van der Waals surface area contributed by atoms with Gasteiger partial charge in [0.15, 0.2) is 0 Å². The lowest BCUT2D eigenvalue weighted by atomic mass is 10.2. The number of carbonyl (C=O) groups is 2. The number of furan rings is 1. The van der Waals surface area contributed by atoms with Crippen molar-refractivity contribution in [3.63, 3.8) is 0 Å². The van der Waals surface area contributed by atoms with E-state index in [1.165, 1.54) is 11.3 Å². The van der Waals surface area contributed by atoms with Crippen molar-refractivity contribution in [1.29, 1.82) is 0 Å². The first-order valence-electron chi connectivity index (χ1n) is 7.62. The molecule has 124 valence electrons. The summed E-state index contributed by atoms with van der Waals surface area (Å²) in [6.45, 7) is 1.86. The minimum atomic E-state index is -0.233. The number of likely N-dealkylation sites (N-methyl/N-ethyl adjacent to an activating group) is 1. The van der Waals surface area contributed by atoms with E-state index in [0.717, 1.165) is 16.7 Å². The Hall–Kier alpha value is -2.60. The van der Waals surface area contributed by atoms with Gasteiger partial charge in [-0.2, -0.15) is 0 Å². The molecule has 0 aliphatic rings. The van der Waals surface area contributed by atoms with Gasteiger partial charge in [0.25, 0.3) is 5.91 Å². The summed E-state index contributed by atoms with van der Waals surface area (Å²) >= 11 is 1.34. The highest BCUT2D eigenvalue weighted by Crippen LogP contribution is 2.26. The highest BCUT2D eigenvalue weighted by Gasteiger charge is 2.21. The molecule has 2 aromatic heterocycles. The Morgan fingerprint density at radius 1 is 1.25 bits per heavy atom. The molecule has 24 heavy (non-hydrogen) atoms. The van der Waals surface area contributed by atoms with Crippen LogP contribution >= 0.6 is 11.3 Å². The van der Waals surface area contributed by atoms with Crippen LogP contribution in [0.4, 0.5) is 0 Å². The van der Waals surface area contributed by atoms with Gasteiger partial charge in [-0.05, 0) is 30.5 Å². The SMILES string of the molecule is CC(c1cc2ccccc2o1)N(C)C(=O)CNC(=O)c1cccs1. The molecule has 0 aliphatic carbocycles. The van der Waals surface area contributed by atoms with Gasteiger partial charge < -0.3 is 14.6 Å². The predicted molar refractivity (Wildman–Crippen MR) is 94.1 cm³/mol. The van der Waals surface area contributed by atoms with Crippen molar-refractivity contribution in [3.8, 4) is 0 Å². The maximum Gasteiger partial charge on any atom is 0.261 e. The fourth-order valence-corrected chi connectivity index (χ4v) is 3.03. The third-order valence-electron chi connectivity index (χ3n) is 3.98. The van der Waals surface area contributed by atoms with Gasteiger partial charge in [0.05, 0.1) is 17.5 Å². The van der Waals surface area contributed by atoms with E-state index in [4.69, 9.17) is 4.42 Å². The maximum atomic E-state index is 12.3. The van der Waals surface area contributed by atoms with E-state index in [1.807, 2.05) is 42.6 Å². The summed E-state index contributed by atoms with van der Waals surface area (Å²) in [7, 11) is 1.71. The van der Waals surface area contributed by atoms with Crippen LogP contribution in [0.1, 0.15) is 28.4 Å². The second-order valence-electron chi connectivity index (χ2n) is 5.53. The minimum absolute atomic E-state index is 0.0438. The van der Waals surface area contributed by atoms with Crippen molar-refractivity contribution in [2.24, 2.45) is 0 Å². The summed E-state index contributed by atoms with van der Waals surface area (Å²) in [6, 6.07) is 13.0.